The molecule has 0 aliphatic heterocycles. The van der Waals surface area contributed by atoms with E-state index in [4.69, 9.17) is 9.52 Å². The first-order valence-corrected chi connectivity index (χ1v) is 5.07. The molecule has 0 aliphatic carbocycles. The van der Waals surface area contributed by atoms with Crippen molar-refractivity contribution < 1.29 is 9.52 Å². The summed E-state index contributed by atoms with van der Waals surface area (Å²) >= 11 is 0. The van der Waals surface area contributed by atoms with E-state index in [2.05, 4.69) is 12.2 Å². The van der Waals surface area contributed by atoms with Gasteiger partial charge < -0.3 is 14.8 Å². The van der Waals surface area contributed by atoms with Crippen molar-refractivity contribution in [3.05, 3.63) is 23.2 Å². The van der Waals surface area contributed by atoms with Gasteiger partial charge in [-0.3, -0.25) is 0 Å². The van der Waals surface area contributed by atoms with Crippen molar-refractivity contribution >= 4 is 0 Å². The maximum atomic E-state index is 8.99. The van der Waals surface area contributed by atoms with Crippen molar-refractivity contribution in [3.63, 3.8) is 0 Å². The van der Waals surface area contributed by atoms with Crippen LogP contribution in [0.5, 0.6) is 0 Å². The molecule has 1 aromatic rings. The summed E-state index contributed by atoms with van der Waals surface area (Å²) in [5, 5.41) is 12.3. The highest BCUT2D eigenvalue weighted by Crippen LogP contribution is 2.13. The zero-order chi connectivity index (χ0) is 10.6. The highest BCUT2D eigenvalue weighted by Gasteiger charge is 2.07. The van der Waals surface area contributed by atoms with Crippen LogP contribution in [0.4, 0.5) is 0 Å². The molecular formula is C11H19NO2. The maximum absolute atomic E-state index is 8.99. The van der Waals surface area contributed by atoms with Crippen molar-refractivity contribution in [3.8, 4) is 0 Å². The molecule has 1 rings (SSSR count). The molecule has 0 saturated carbocycles. The van der Waals surface area contributed by atoms with Gasteiger partial charge in [-0.05, 0) is 26.3 Å². The molecule has 80 valence electrons. The highest BCUT2D eigenvalue weighted by molar-refractivity contribution is 5.19. The standard InChI is InChI=1S/C11H19NO2/c1-4-11(7-13)12-6-10-5-8(2)14-9(10)3/h5,11-13H,4,6-7H2,1-3H3/t11-/m1/s1. The van der Waals surface area contributed by atoms with E-state index in [9.17, 15) is 0 Å². The molecule has 0 aromatic carbocycles. The summed E-state index contributed by atoms with van der Waals surface area (Å²) in [4.78, 5) is 0. The van der Waals surface area contributed by atoms with Crippen LogP contribution in [0, 0.1) is 13.8 Å². The molecule has 0 aliphatic rings. The minimum Gasteiger partial charge on any atom is -0.466 e. The fourth-order valence-electron chi connectivity index (χ4n) is 1.45. The van der Waals surface area contributed by atoms with Gasteiger partial charge in [0.15, 0.2) is 0 Å². The molecule has 0 amide bonds. The SMILES string of the molecule is CC[C@H](CO)NCc1cc(C)oc1C. The van der Waals surface area contributed by atoms with Gasteiger partial charge in [0.2, 0.25) is 0 Å². The van der Waals surface area contributed by atoms with Crippen LogP contribution in [0.15, 0.2) is 10.5 Å². The van der Waals surface area contributed by atoms with Gasteiger partial charge in [0.05, 0.1) is 6.61 Å². The Labute approximate surface area is 85.1 Å². The summed E-state index contributed by atoms with van der Waals surface area (Å²) in [7, 11) is 0. The molecule has 1 aromatic heterocycles. The minimum absolute atomic E-state index is 0.185. The molecule has 0 radical (unpaired) electrons. The lowest BCUT2D eigenvalue weighted by Crippen LogP contribution is -2.31. The van der Waals surface area contributed by atoms with Gasteiger partial charge in [0.25, 0.3) is 0 Å². The monoisotopic (exact) mass is 197 g/mol. The summed E-state index contributed by atoms with van der Waals surface area (Å²) in [6.45, 7) is 6.92. The molecule has 14 heavy (non-hydrogen) atoms. The predicted octanol–water partition coefficient (Wildman–Crippen LogP) is 1.76. The molecule has 0 unspecified atom stereocenters. The molecule has 0 fully saturated rings. The number of rotatable bonds is 5. The third kappa shape index (κ3) is 2.86. The number of aryl methyl sites for hydroxylation is 2. The number of furan rings is 1. The zero-order valence-electron chi connectivity index (χ0n) is 9.13. The molecule has 3 heteroatoms. The van der Waals surface area contributed by atoms with Crippen LogP contribution in [-0.4, -0.2) is 17.8 Å². The average Bonchev–Trinajstić information content (AvgIpc) is 2.47. The number of hydrogen-bond acceptors (Lipinski definition) is 3. The number of aliphatic hydroxyl groups excluding tert-OH is 1. The van der Waals surface area contributed by atoms with Crippen LogP contribution < -0.4 is 5.32 Å². The van der Waals surface area contributed by atoms with Gasteiger partial charge in [-0.25, -0.2) is 0 Å². The van der Waals surface area contributed by atoms with Crippen molar-refractivity contribution in [2.24, 2.45) is 0 Å². The van der Waals surface area contributed by atoms with Crippen LogP contribution in [0.2, 0.25) is 0 Å². The first-order valence-electron chi connectivity index (χ1n) is 5.07. The fraction of sp³-hybridized carbons (Fsp3) is 0.636. The summed E-state index contributed by atoms with van der Waals surface area (Å²) < 4.78 is 5.41. The fourth-order valence-corrected chi connectivity index (χ4v) is 1.45. The smallest absolute Gasteiger partial charge is 0.105 e. The normalized spacial score (nSPS) is 13.1. The molecule has 0 bridgehead atoms. The van der Waals surface area contributed by atoms with E-state index in [0.29, 0.717) is 0 Å². The summed E-state index contributed by atoms with van der Waals surface area (Å²) in [5.41, 5.74) is 1.18. The van der Waals surface area contributed by atoms with Crippen LogP contribution in [-0.2, 0) is 6.54 Å². The number of aliphatic hydroxyl groups is 1. The van der Waals surface area contributed by atoms with Gasteiger partial charge >= 0.3 is 0 Å². The Kier molecular flexibility index (Phi) is 4.17. The first kappa shape index (κ1) is 11.3. The topological polar surface area (TPSA) is 45.4 Å². The number of nitrogens with one attached hydrogen (secondary N) is 1. The van der Waals surface area contributed by atoms with Gasteiger partial charge in [-0.15, -0.1) is 0 Å². The Morgan fingerprint density at radius 3 is 2.64 bits per heavy atom. The van der Waals surface area contributed by atoms with Gasteiger partial charge in [-0.1, -0.05) is 6.92 Å². The first-order chi connectivity index (χ1) is 6.67. The van der Waals surface area contributed by atoms with Gasteiger partial charge in [-0.2, -0.15) is 0 Å². The lowest BCUT2D eigenvalue weighted by atomic mass is 10.2. The predicted molar refractivity (Wildman–Crippen MR) is 56.2 cm³/mol. The van der Waals surface area contributed by atoms with E-state index in [1.807, 2.05) is 19.9 Å². The Bertz CT molecular complexity index is 277. The van der Waals surface area contributed by atoms with Crippen molar-refractivity contribution in [1.29, 1.82) is 0 Å². The molecule has 1 atom stereocenters. The van der Waals surface area contributed by atoms with Crippen LogP contribution in [0.25, 0.3) is 0 Å². The molecule has 0 spiro atoms. The highest BCUT2D eigenvalue weighted by atomic mass is 16.3. The minimum atomic E-state index is 0.185. The van der Waals surface area contributed by atoms with Crippen molar-refractivity contribution in [1.82, 2.24) is 5.32 Å². The third-order valence-electron chi connectivity index (χ3n) is 2.44. The second kappa shape index (κ2) is 5.17. The van der Waals surface area contributed by atoms with Crippen LogP contribution in [0.3, 0.4) is 0 Å². The Morgan fingerprint density at radius 2 is 2.21 bits per heavy atom. The third-order valence-corrected chi connectivity index (χ3v) is 2.44. The molecule has 0 saturated heterocycles. The Hall–Kier alpha value is -0.800. The largest absolute Gasteiger partial charge is 0.466 e. The zero-order valence-corrected chi connectivity index (χ0v) is 9.13. The van der Waals surface area contributed by atoms with Crippen LogP contribution >= 0.6 is 0 Å². The lowest BCUT2D eigenvalue weighted by Gasteiger charge is -2.12. The summed E-state index contributed by atoms with van der Waals surface area (Å²) in [5.74, 6) is 1.90. The van der Waals surface area contributed by atoms with E-state index in [0.717, 1.165) is 24.5 Å². The van der Waals surface area contributed by atoms with E-state index < -0.39 is 0 Å². The van der Waals surface area contributed by atoms with Crippen molar-refractivity contribution in [2.75, 3.05) is 6.61 Å². The molecular weight excluding hydrogens is 178 g/mol. The van der Waals surface area contributed by atoms with E-state index in [1.54, 1.807) is 0 Å². The lowest BCUT2D eigenvalue weighted by molar-refractivity contribution is 0.238. The Morgan fingerprint density at radius 1 is 1.50 bits per heavy atom. The van der Waals surface area contributed by atoms with Crippen molar-refractivity contribution in [2.45, 2.75) is 39.8 Å². The Balaban J connectivity index is 2.48. The quantitative estimate of drug-likeness (QED) is 0.756. The molecule has 2 N–H and O–H groups in total. The number of hydrogen-bond donors (Lipinski definition) is 2. The molecule has 1 heterocycles. The van der Waals surface area contributed by atoms with Crippen LogP contribution in [0.1, 0.15) is 30.4 Å². The summed E-state index contributed by atoms with van der Waals surface area (Å²) in [6.07, 6.45) is 0.937. The van der Waals surface area contributed by atoms with E-state index >= 15 is 0 Å². The summed E-state index contributed by atoms with van der Waals surface area (Å²) in [6, 6.07) is 2.22. The van der Waals surface area contributed by atoms with E-state index in [-0.39, 0.29) is 12.6 Å². The van der Waals surface area contributed by atoms with Gasteiger partial charge in [0, 0.05) is 18.2 Å². The average molecular weight is 197 g/mol. The second-order valence-corrected chi connectivity index (χ2v) is 3.61. The second-order valence-electron chi connectivity index (χ2n) is 3.61. The molecule has 3 nitrogen and oxygen atoms in total. The maximum Gasteiger partial charge on any atom is 0.105 e. The van der Waals surface area contributed by atoms with E-state index in [1.165, 1.54) is 5.56 Å². The van der Waals surface area contributed by atoms with Gasteiger partial charge in [0.1, 0.15) is 11.5 Å².